The summed E-state index contributed by atoms with van der Waals surface area (Å²) in [6.45, 7) is 6.32. The van der Waals surface area contributed by atoms with Crippen molar-refractivity contribution in [2.45, 2.75) is 20.3 Å². The molecule has 0 radical (unpaired) electrons. The van der Waals surface area contributed by atoms with E-state index in [0.29, 0.717) is 26.1 Å². The fourth-order valence-corrected chi connectivity index (χ4v) is 2.02. The molecule has 0 saturated carbocycles. The zero-order valence-electron chi connectivity index (χ0n) is 9.90. The van der Waals surface area contributed by atoms with Crippen LogP contribution in [0.1, 0.15) is 20.3 Å². The number of nitrogens with one attached hydrogen (secondary N) is 1. The summed E-state index contributed by atoms with van der Waals surface area (Å²) in [5.41, 5.74) is 0. The maximum atomic E-state index is 11.7. The van der Waals surface area contributed by atoms with E-state index in [1.807, 2.05) is 13.8 Å². The minimum Gasteiger partial charge on any atom is -0.481 e. The Hall–Kier alpha value is -1.10. The molecular formula is C11H20N2O3. The van der Waals surface area contributed by atoms with Crippen LogP contribution in [0.25, 0.3) is 0 Å². The summed E-state index contributed by atoms with van der Waals surface area (Å²) in [6, 6.07) is 0. The molecule has 1 aliphatic heterocycles. The number of hydrogen-bond acceptors (Lipinski definition) is 3. The van der Waals surface area contributed by atoms with E-state index in [9.17, 15) is 9.59 Å². The van der Waals surface area contributed by atoms with Crippen molar-refractivity contribution in [1.29, 1.82) is 0 Å². The first-order chi connectivity index (χ1) is 7.56. The van der Waals surface area contributed by atoms with Gasteiger partial charge in [-0.25, -0.2) is 0 Å². The van der Waals surface area contributed by atoms with Crippen LogP contribution in [0.15, 0.2) is 0 Å². The first kappa shape index (κ1) is 13.0. The van der Waals surface area contributed by atoms with Crippen LogP contribution in [0.5, 0.6) is 0 Å². The van der Waals surface area contributed by atoms with Gasteiger partial charge in [-0.1, -0.05) is 13.8 Å². The van der Waals surface area contributed by atoms with Crippen molar-refractivity contribution in [2.75, 3.05) is 26.2 Å². The van der Waals surface area contributed by atoms with Gasteiger partial charge in [-0.15, -0.1) is 0 Å². The normalized spacial score (nSPS) is 24.8. The molecular weight excluding hydrogens is 208 g/mol. The molecule has 0 spiro atoms. The van der Waals surface area contributed by atoms with E-state index in [1.54, 1.807) is 4.90 Å². The van der Waals surface area contributed by atoms with Gasteiger partial charge in [0.2, 0.25) is 5.91 Å². The molecule has 0 aromatic carbocycles. The van der Waals surface area contributed by atoms with Crippen LogP contribution in [-0.4, -0.2) is 48.1 Å². The Labute approximate surface area is 95.8 Å². The maximum Gasteiger partial charge on any atom is 0.308 e. The molecule has 16 heavy (non-hydrogen) atoms. The molecule has 1 fully saturated rings. The predicted molar refractivity (Wildman–Crippen MR) is 60.0 cm³/mol. The molecule has 1 saturated heterocycles. The number of hydrogen-bond donors (Lipinski definition) is 2. The SMILES string of the molecule is CCNCCC(=O)N1CC(C)C(C(=O)O)C1. The second-order valence-electron chi connectivity index (χ2n) is 4.32. The van der Waals surface area contributed by atoms with Gasteiger partial charge in [0.15, 0.2) is 0 Å². The largest absolute Gasteiger partial charge is 0.481 e. The first-order valence-electron chi connectivity index (χ1n) is 5.77. The Morgan fingerprint density at radius 3 is 2.62 bits per heavy atom. The highest BCUT2D eigenvalue weighted by Crippen LogP contribution is 2.23. The van der Waals surface area contributed by atoms with E-state index in [-0.39, 0.29) is 11.8 Å². The maximum absolute atomic E-state index is 11.7. The number of rotatable bonds is 5. The van der Waals surface area contributed by atoms with E-state index in [0.717, 1.165) is 6.54 Å². The molecule has 2 N–H and O–H groups in total. The molecule has 5 heteroatoms. The Morgan fingerprint density at radius 1 is 1.44 bits per heavy atom. The Balaban J connectivity index is 2.39. The van der Waals surface area contributed by atoms with E-state index in [4.69, 9.17) is 5.11 Å². The zero-order chi connectivity index (χ0) is 12.1. The number of carbonyl (C=O) groups excluding carboxylic acids is 1. The average molecular weight is 228 g/mol. The lowest BCUT2D eigenvalue weighted by Gasteiger charge is -2.15. The fourth-order valence-electron chi connectivity index (χ4n) is 2.02. The van der Waals surface area contributed by atoms with Crippen LogP contribution in [0.2, 0.25) is 0 Å². The van der Waals surface area contributed by atoms with Gasteiger partial charge < -0.3 is 15.3 Å². The summed E-state index contributed by atoms with van der Waals surface area (Å²) in [4.78, 5) is 24.3. The molecule has 0 aliphatic carbocycles. The second kappa shape index (κ2) is 5.84. The third-order valence-electron chi connectivity index (χ3n) is 3.05. The van der Waals surface area contributed by atoms with E-state index < -0.39 is 11.9 Å². The summed E-state index contributed by atoms with van der Waals surface area (Å²) in [7, 11) is 0. The number of amides is 1. The van der Waals surface area contributed by atoms with Crippen LogP contribution in [0.3, 0.4) is 0 Å². The van der Waals surface area contributed by atoms with Gasteiger partial charge in [0.05, 0.1) is 5.92 Å². The lowest BCUT2D eigenvalue weighted by atomic mass is 9.99. The molecule has 0 aromatic rings. The molecule has 1 amide bonds. The summed E-state index contributed by atoms with van der Waals surface area (Å²) < 4.78 is 0. The first-order valence-corrected chi connectivity index (χ1v) is 5.77. The van der Waals surface area contributed by atoms with Crippen molar-refractivity contribution in [3.8, 4) is 0 Å². The van der Waals surface area contributed by atoms with Crippen LogP contribution in [0, 0.1) is 11.8 Å². The highest BCUT2D eigenvalue weighted by Gasteiger charge is 2.36. The topological polar surface area (TPSA) is 69.6 Å². The predicted octanol–water partition coefficient (Wildman–Crippen LogP) is 0.165. The smallest absolute Gasteiger partial charge is 0.308 e. The zero-order valence-corrected chi connectivity index (χ0v) is 9.90. The minimum absolute atomic E-state index is 0.0524. The molecule has 92 valence electrons. The summed E-state index contributed by atoms with van der Waals surface area (Å²) in [5.74, 6) is -1.09. The number of aliphatic carboxylic acids is 1. The van der Waals surface area contributed by atoms with E-state index in [1.165, 1.54) is 0 Å². The Bertz CT molecular complexity index is 268. The van der Waals surface area contributed by atoms with E-state index >= 15 is 0 Å². The van der Waals surface area contributed by atoms with Crippen molar-refractivity contribution in [2.24, 2.45) is 11.8 Å². The van der Waals surface area contributed by atoms with Gasteiger partial charge >= 0.3 is 5.97 Å². The molecule has 0 aromatic heterocycles. The Kier molecular flexibility index (Phi) is 4.73. The molecule has 1 aliphatic rings. The van der Waals surface area contributed by atoms with Crippen molar-refractivity contribution in [3.63, 3.8) is 0 Å². The van der Waals surface area contributed by atoms with Crippen molar-refractivity contribution in [1.82, 2.24) is 10.2 Å². The Morgan fingerprint density at radius 2 is 2.12 bits per heavy atom. The lowest BCUT2D eigenvalue weighted by molar-refractivity contribution is -0.142. The number of carbonyl (C=O) groups is 2. The van der Waals surface area contributed by atoms with Gasteiger partial charge in [0.25, 0.3) is 0 Å². The quantitative estimate of drug-likeness (QED) is 0.658. The molecule has 2 unspecified atom stereocenters. The third-order valence-corrected chi connectivity index (χ3v) is 3.05. The minimum atomic E-state index is -0.797. The molecule has 1 rings (SSSR count). The van der Waals surface area contributed by atoms with Crippen molar-refractivity contribution in [3.05, 3.63) is 0 Å². The highest BCUT2D eigenvalue weighted by molar-refractivity contribution is 5.79. The summed E-state index contributed by atoms with van der Waals surface area (Å²) in [5, 5.41) is 12.0. The fraction of sp³-hybridized carbons (Fsp3) is 0.818. The van der Waals surface area contributed by atoms with Crippen LogP contribution in [0.4, 0.5) is 0 Å². The molecule has 2 atom stereocenters. The molecule has 5 nitrogen and oxygen atoms in total. The summed E-state index contributed by atoms with van der Waals surface area (Å²) in [6.07, 6.45) is 0.451. The van der Waals surface area contributed by atoms with Crippen LogP contribution in [-0.2, 0) is 9.59 Å². The number of nitrogens with zero attached hydrogens (tertiary/aromatic N) is 1. The monoisotopic (exact) mass is 228 g/mol. The molecule has 0 bridgehead atoms. The van der Waals surface area contributed by atoms with Gasteiger partial charge in [0.1, 0.15) is 0 Å². The van der Waals surface area contributed by atoms with Crippen molar-refractivity contribution < 1.29 is 14.7 Å². The number of carboxylic acids is 1. The number of likely N-dealkylation sites (tertiary alicyclic amines) is 1. The van der Waals surface area contributed by atoms with Crippen molar-refractivity contribution >= 4 is 11.9 Å². The van der Waals surface area contributed by atoms with Gasteiger partial charge in [-0.3, -0.25) is 9.59 Å². The second-order valence-corrected chi connectivity index (χ2v) is 4.32. The molecule has 1 heterocycles. The van der Waals surface area contributed by atoms with Gasteiger partial charge in [0, 0.05) is 26.1 Å². The van der Waals surface area contributed by atoms with Crippen LogP contribution < -0.4 is 5.32 Å². The average Bonchev–Trinajstić information content (AvgIpc) is 2.60. The lowest BCUT2D eigenvalue weighted by Crippen LogP contribution is -2.32. The highest BCUT2D eigenvalue weighted by atomic mass is 16.4. The van der Waals surface area contributed by atoms with Gasteiger partial charge in [-0.05, 0) is 12.5 Å². The van der Waals surface area contributed by atoms with Gasteiger partial charge in [-0.2, -0.15) is 0 Å². The summed E-state index contributed by atoms with van der Waals surface area (Å²) >= 11 is 0. The van der Waals surface area contributed by atoms with E-state index in [2.05, 4.69) is 5.32 Å². The van der Waals surface area contributed by atoms with Crippen LogP contribution >= 0.6 is 0 Å². The third kappa shape index (κ3) is 3.20. The number of carboxylic acid groups (broad SMARTS) is 1. The standard InChI is InChI=1S/C11H20N2O3/c1-3-12-5-4-10(14)13-6-8(2)9(7-13)11(15)16/h8-9,12H,3-7H2,1-2H3,(H,15,16).